The van der Waals surface area contributed by atoms with Crippen molar-refractivity contribution in [3.05, 3.63) is 93.5 Å². The van der Waals surface area contributed by atoms with Crippen molar-refractivity contribution in [1.82, 2.24) is 10.4 Å². The van der Waals surface area contributed by atoms with Crippen LogP contribution in [0.25, 0.3) is 10.9 Å². The summed E-state index contributed by atoms with van der Waals surface area (Å²) in [5.74, 6) is 0.233. The molecule has 1 aliphatic rings. The molecule has 2 amide bonds. The molecule has 0 radical (unpaired) electrons. The van der Waals surface area contributed by atoms with Crippen LogP contribution in [0, 0.1) is 6.92 Å². The Bertz CT molecular complexity index is 1460. The van der Waals surface area contributed by atoms with E-state index in [0.29, 0.717) is 35.6 Å². The van der Waals surface area contributed by atoms with Gasteiger partial charge in [0.25, 0.3) is 11.8 Å². The van der Waals surface area contributed by atoms with E-state index in [9.17, 15) is 9.59 Å². The predicted molar refractivity (Wildman–Crippen MR) is 134 cm³/mol. The number of para-hydroxylation sites is 2. The number of benzene rings is 2. The number of halogens is 1. The third-order valence-electron chi connectivity index (χ3n) is 5.78. The van der Waals surface area contributed by atoms with Gasteiger partial charge in [0, 0.05) is 27.4 Å². The number of pyridine rings is 1. The highest BCUT2D eigenvalue weighted by Gasteiger charge is 2.28. The van der Waals surface area contributed by atoms with Gasteiger partial charge in [-0.25, -0.2) is 10.4 Å². The number of nitrogens with zero attached hydrogens (tertiary/aromatic N) is 2. The Kier molecular flexibility index (Phi) is 5.98. The van der Waals surface area contributed by atoms with Crippen LogP contribution in [0.4, 0.5) is 5.69 Å². The summed E-state index contributed by atoms with van der Waals surface area (Å²) in [4.78, 5) is 30.0. The highest BCUT2D eigenvalue weighted by Crippen LogP contribution is 2.31. The number of anilines is 1. The Morgan fingerprint density at radius 2 is 1.79 bits per heavy atom. The van der Waals surface area contributed by atoms with Gasteiger partial charge in [-0.1, -0.05) is 36.4 Å². The molecule has 2 aromatic carbocycles. The Morgan fingerprint density at radius 1 is 1.00 bits per heavy atom. The monoisotopic (exact) mass is 516 g/mol. The number of hydrogen-bond acceptors (Lipinski definition) is 5. The lowest BCUT2D eigenvalue weighted by Gasteiger charge is -2.13. The zero-order chi connectivity index (χ0) is 23.7. The molecule has 0 bridgehead atoms. The number of aromatic nitrogens is 1. The average molecular weight is 517 g/mol. The van der Waals surface area contributed by atoms with Crippen molar-refractivity contribution in [3.8, 4) is 0 Å². The summed E-state index contributed by atoms with van der Waals surface area (Å²) >= 11 is 3.44. The average Bonchev–Trinajstić information content (AvgIpc) is 3.20. The van der Waals surface area contributed by atoms with E-state index in [1.54, 1.807) is 6.07 Å². The maximum Gasteiger partial charge on any atom is 0.291 e. The Balaban J connectivity index is 1.38. The summed E-state index contributed by atoms with van der Waals surface area (Å²) in [5.41, 5.74) is 6.50. The molecule has 34 heavy (non-hydrogen) atoms. The van der Waals surface area contributed by atoms with Gasteiger partial charge in [0.1, 0.15) is 11.5 Å². The van der Waals surface area contributed by atoms with Gasteiger partial charge in [-0.15, -0.1) is 0 Å². The molecule has 4 aromatic rings. The molecule has 0 aliphatic heterocycles. The third-order valence-corrected chi connectivity index (χ3v) is 6.47. The van der Waals surface area contributed by atoms with Crippen LogP contribution in [0.1, 0.15) is 50.8 Å². The van der Waals surface area contributed by atoms with Crippen molar-refractivity contribution in [3.63, 3.8) is 0 Å². The Labute approximate surface area is 204 Å². The number of carbonyl (C=O) groups excluding carboxylic acids is 2. The first kappa shape index (κ1) is 22.0. The number of rotatable bonds is 4. The van der Waals surface area contributed by atoms with Crippen LogP contribution < -0.4 is 10.7 Å². The maximum atomic E-state index is 12.9. The fourth-order valence-electron chi connectivity index (χ4n) is 4.11. The number of hydrogen-bond donors (Lipinski definition) is 2. The van der Waals surface area contributed by atoms with Crippen molar-refractivity contribution in [2.75, 3.05) is 5.32 Å². The summed E-state index contributed by atoms with van der Waals surface area (Å²) in [5, 5.41) is 8.23. The molecule has 7 nitrogen and oxygen atoms in total. The molecule has 170 valence electrons. The van der Waals surface area contributed by atoms with Crippen molar-refractivity contribution in [2.24, 2.45) is 5.10 Å². The van der Waals surface area contributed by atoms with Crippen LogP contribution in [0.15, 0.2) is 74.7 Å². The summed E-state index contributed by atoms with van der Waals surface area (Å²) in [6.07, 6.45) is 2.19. The number of furan rings is 1. The van der Waals surface area contributed by atoms with Crippen LogP contribution >= 0.6 is 15.9 Å². The lowest BCUT2D eigenvalue weighted by atomic mass is 9.93. The second-order valence-electron chi connectivity index (χ2n) is 8.03. The minimum atomic E-state index is -0.390. The third kappa shape index (κ3) is 4.24. The van der Waals surface area contributed by atoms with Crippen molar-refractivity contribution in [2.45, 2.75) is 26.2 Å². The predicted octanol–water partition coefficient (Wildman–Crippen LogP) is 5.62. The molecular weight excluding hydrogens is 496 g/mol. The lowest BCUT2D eigenvalue weighted by molar-refractivity contribution is 0.0949. The van der Waals surface area contributed by atoms with E-state index in [4.69, 9.17) is 4.42 Å². The lowest BCUT2D eigenvalue weighted by Crippen LogP contribution is -2.23. The SMILES string of the molecule is Cc1c(C(=O)Nc2ccccc2Br)oc2c1/C(=N/NC(=O)c1ccc3ccccc3n1)CCC2. The number of aryl methyl sites for hydroxylation is 1. The van der Waals surface area contributed by atoms with Crippen LogP contribution in [0.3, 0.4) is 0 Å². The van der Waals surface area contributed by atoms with E-state index >= 15 is 0 Å². The molecule has 5 rings (SSSR count). The Hall–Kier alpha value is -3.78. The van der Waals surface area contributed by atoms with E-state index in [1.807, 2.05) is 61.5 Å². The highest BCUT2D eigenvalue weighted by atomic mass is 79.9. The van der Waals surface area contributed by atoms with Gasteiger partial charge in [-0.05, 0) is 60.0 Å². The summed E-state index contributed by atoms with van der Waals surface area (Å²) in [6, 6.07) is 18.5. The number of fused-ring (bicyclic) bond motifs is 2. The molecule has 1 aliphatic carbocycles. The van der Waals surface area contributed by atoms with Gasteiger partial charge < -0.3 is 9.73 Å². The largest absolute Gasteiger partial charge is 0.455 e. The van der Waals surface area contributed by atoms with Crippen LogP contribution in [0.2, 0.25) is 0 Å². The van der Waals surface area contributed by atoms with Crippen LogP contribution in [-0.2, 0) is 6.42 Å². The molecule has 0 spiro atoms. The van der Waals surface area contributed by atoms with Gasteiger partial charge >= 0.3 is 0 Å². The van der Waals surface area contributed by atoms with E-state index in [0.717, 1.165) is 27.4 Å². The normalized spacial score (nSPS) is 14.1. The van der Waals surface area contributed by atoms with E-state index in [-0.39, 0.29) is 17.4 Å². The smallest absolute Gasteiger partial charge is 0.291 e. The minimum Gasteiger partial charge on any atom is -0.455 e. The number of amides is 2. The van der Waals surface area contributed by atoms with Gasteiger partial charge in [0.05, 0.1) is 16.9 Å². The van der Waals surface area contributed by atoms with Crippen molar-refractivity contribution in [1.29, 1.82) is 0 Å². The quantitative estimate of drug-likeness (QED) is 0.344. The van der Waals surface area contributed by atoms with E-state index < -0.39 is 5.91 Å². The molecule has 0 saturated heterocycles. The van der Waals surface area contributed by atoms with Crippen LogP contribution in [-0.4, -0.2) is 22.5 Å². The number of nitrogens with one attached hydrogen (secondary N) is 2. The maximum absolute atomic E-state index is 12.9. The second kappa shape index (κ2) is 9.23. The number of hydrazone groups is 1. The first-order chi connectivity index (χ1) is 16.5. The summed E-state index contributed by atoms with van der Waals surface area (Å²) in [6.45, 7) is 1.84. The fraction of sp³-hybridized carbons (Fsp3) is 0.154. The standard InChI is InChI=1S/C26H21BrN4O3/c1-15-23-20(30-31-25(32)21-14-13-16-7-2-4-9-18(16)28-21)11-6-12-22(23)34-24(15)26(33)29-19-10-5-3-8-17(19)27/h2-5,7-10,13-14H,6,11-12H2,1H3,(H,29,33)(H,31,32)/b30-20+. The van der Waals surface area contributed by atoms with Crippen molar-refractivity contribution >= 4 is 50.0 Å². The minimum absolute atomic E-state index is 0.248. The summed E-state index contributed by atoms with van der Waals surface area (Å²) in [7, 11) is 0. The molecule has 0 saturated carbocycles. The van der Waals surface area contributed by atoms with Crippen molar-refractivity contribution < 1.29 is 14.0 Å². The molecule has 2 heterocycles. The van der Waals surface area contributed by atoms with Gasteiger partial charge in [0.2, 0.25) is 0 Å². The molecule has 8 heteroatoms. The first-order valence-electron chi connectivity index (χ1n) is 10.9. The molecule has 0 unspecified atom stereocenters. The summed E-state index contributed by atoms with van der Waals surface area (Å²) < 4.78 is 6.73. The molecule has 0 fully saturated rings. The highest BCUT2D eigenvalue weighted by molar-refractivity contribution is 9.10. The molecule has 0 atom stereocenters. The van der Waals surface area contributed by atoms with Gasteiger partial charge in [-0.3, -0.25) is 9.59 Å². The van der Waals surface area contributed by atoms with E-state index in [1.165, 1.54) is 0 Å². The zero-order valence-corrected chi connectivity index (χ0v) is 20.0. The molecular formula is C26H21BrN4O3. The Morgan fingerprint density at radius 3 is 2.65 bits per heavy atom. The molecule has 2 aromatic heterocycles. The number of carbonyl (C=O) groups is 2. The zero-order valence-electron chi connectivity index (χ0n) is 18.4. The van der Waals surface area contributed by atoms with E-state index in [2.05, 4.69) is 36.8 Å². The topological polar surface area (TPSA) is 96.6 Å². The van der Waals surface area contributed by atoms with Gasteiger partial charge in [0.15, 0.2) is 5.76 Å². The van der Waals surface area contributed by atoms with Crippen LogP contribution in [0.5, 0.6) is 0 Å². The van der Waals surface area contributed by atoms with Gasteiger partial charge in [-0.2, -0.15) is 5.10 Å². The fourth-order valence-corrected chi connectivity index (χ4v) is 4.49. The first-order valence-corrected chi connectivity index (χ1v) is 11.7. The second-order valence-corrected chi connectivity index (χ2v) is 8.88. The molecule has 2 N–H and O–H groups in total.